The third-order valence-corrected chi connectivity index (χ3v) is 6.27. The maximum absolute atomic E-state index is 6.45. The van der Waals surface area contributed by atoms with Crippen LogP contribution in [-0.4, -0.2) is 28.4 Å². The average molecular weight is 483 g/mol. The highest BCUT2D eigenvalue weighted by molar-refractivity contribution is 6.30. The minimum Gasteiger partial charge on any atom is -0.489 e. The van der Waals surface area contributed by atoms with E-state index in [1.165, 1.54) is 5.56 Å². The Bertz CT molecular complexity index is 1270. The standard InChI is InChI=1S/C29H27ClN4O/c30-25-9-6-23(7-10-25)8-13-28(21-33-18-16-32-22-33)35-27-14-11-26(12-15-27)34-19-17-31-20-29(34)24-4-2-1-3-5-24/h1-7,9-12,14-18,20,22,28H,8,13,19,21H2. The number of hydrogen-bond donors (Lipinski definition) is 0. The van der Waals surface area contributed by atoms with Crippen LogP contribution in [-0.2, 0) is 13.0 Å². The van der Waals surface area contributed by atoms with Crippen molar-refractivity contribution in [2.24, 2.45) is 4.99 Å². The average Bonchev–Trinajstić information content (AvgIpc) is 3.42. The van der Waals surface area contributed by atoms with Crippen molar-refractivity contribution in [3.05, 3.63) is 120 Å². The van der Waals surface area contributed by atoms with Gasteiger partial charge in [-0.15, -0.1) is 0 Å². The Hall–Kier alpha value is -3.83. The van der Waals surface area contributed by atoms with E-state index in [1.54, 1.807) is 6.20 Å². The molecule has 1 atom stereocenters. The number of rotatable bonds is 9. The maximum Gasteiger partial charge on any atom is 0.119 e. The van der Waals surface area contributed by atoms with E-state index in [-0.39, 0.29) is 6.10 Å². The first-order chi connectivity index (χ1) is 17.2. The van der Waals surface area contributed by atoms with Gasteiger partial charge in [0.2, 0.25) is 0 Å². The fraction of sp³-hybridized carbons (Fsp3) is 0.172. The van der Waals surface area contributed by atoms with Gasteiger partial charge in [0, 0.05) is 29.3 Å². The molecular weight excluding hydrogens is 456 g/mol. The van der Waals surface area contributed by atoms with Crippen molar-refractivity contribution in [1.82, 2.24) is 9.55 Å². The number of hydrogen-bond acceptors (Lipinski definition) is 4. The lowest BCUT2D eigenvalue weighted by Gasteiger charge is -2.28. The van der Waals surface area contributed by atoms with Gasteiger partial charge in [-0.1, -0.05) is 54.1 Å². The zero-order valence-corrected chi connectivity index (χ0v) is 20.1. The Balaban J connectivity index is 1.29. The predicted molar refractivity (Wildman–Crippen MR) is 143 cm³/mol. The number of aryl methyl sites for hydroxylation is 1. The van der Waals surface area contributed by atoms with Gasteiger partial charge >= 0.3 is 0 Å². The number of benzene rings is 3. The summed E-state index contributed by atoms with van der Waals surface area (Å²) in [6, 6.07) is 26.7. The third-order valence-electron chi connectivity index (χ3n) is 6.02. The van der Waals surface area contributed by atoms with Crippen LogP contribution in [0.2, 0.25) is 5.02 Å². The van der Waals surface area contributed by atoms with E-state index in [4.69, 9.17) is 16.3 Å². The highest BCUT2D eigenvalue weighted by Gasteiger charge is 2.17. The molecule has 0 amide bonds. The van der Waals surface area contributed by atoms with E-state index in [1.807, 2.05) is 67.4 Å². The SMILES string of the molecule is Clc1ccc(CCC(Cn2ccnc2)Oc2ccc(N3CC=NC=C3c3ccccc3)cc2)cc1. The van der Waals surface area contributed by atoms with Crippen LogP contribution in [0.3, 0.4) is 0 Å². The predicted octanol–water partition coefficient (Wildman–Crippen LogP) is 6.51. The number of aromatic nitrogens is 2. The molecule has 1 unspecified atom stereocenters. The molecule has 0 fully saturated rings. The van der Waals surface area contributed by atoms with Crippen molar-refractivity contribution < 1.29 is 4.74 Å². The summed E-state index contributed by atoms with van der Waals surface area (Å²) in [6.07, 6.45) is 11.2. The van der Waals surface area contributed by atoms with Crippen LogP contribution in [0.4, 0.5) is 5.69 Å². The summed E-state index contributed by atoms with van der Waals surface area (Å²) in [5, 5.41) is 0.755. The molecule has 5 rings (SSSR count). The van der Waals surface area contributed by atoms with E-state index >= 15 is 0 Å². The second-order valence-corrected chi connectivity index (χ2v) is 8.92. The van der Waals surface area contributed by atoms with E-state index in [2.05, 4.69) is 55.8 Å². The molecular formula is C29H27ClN4O. The topological polar surface area (TPSA) is 42.6 Å². The minimum atomic E-state index is 0.00706. The van der Waals surface area contributed by atoms with Gasteiger partial charge in [0.1, 0.15) is 11.9 Å². The molecule has 6 heteroatoms. The summed E-state index contributed by atoms with van der Waals surface area (Å²) >= 11 is 6.04. The first kappa shape index (κ1) is 22.9. The molecule has 4 aromatic rings. The lowest BCUT2D eigenvalue weighted by molar-refractivity contribution is 0.170. The zero-order valence-electron chi connectivity index (χ0n) is 19.4. The van der Waals surface area contributed by atoms with Gasteiger partial charge in [-0.05, 0) is 60.4 Å². The summed E-state index contributed by atoms with van der Waals surface area (Å²) in [7, 11) is 0. The van der Waals surface area contributed by atoms with Gasteiger partial charge in [0.05, 0.1) is 31.3 Å². The third kappa shape index (κ3) is 6.00. The summed E-state index contributed by atoms with van der Waals surface area (Å²) in [5.41, 5.74) is 4.58. The summed E-state index contributed by atoms with van der Waals surface area (Å²) in [6.45, 7) is 1.46. The first-order valence-electron chi connectivity index (χ1n) is 11.8. The Labute approximate surface area is 211 Å². The van der Waals surface area contributed by atoms with Crippen molar-refractivity contribution in [2.75, 3.05) is 11.4 Å². The van der Waals surface area contributed by atoms with Crippen LogP contribution >= 0.6 is 11.6 Å². The monoisotopic (exact) mass is 482 g/mol. The lowest BCUT2D eigenvalue weighted by atomic mass is 10.1. The molecule has 0 saturated carbocycles. The number of anilines is 1. The fourth-order valence-corrected chi connectivity index (χ4v) is 4.32. The number of halogens is 1. The maximum atomic E-state index is 6.45. The van der Waals surface area contributed by atoms with E-state index in [9.17, 15) is 0 Å². The van der Waals surface area contributed by atoms with Crippen LogP contribution < -0.4 is 9.64 Å². The Kier molecular flexibility index (Phi) is 7.25. The molecule has 1 aromatic heterocycles. The van der Waals surface area contributed by atoms with Crippen molar-refractivity contribution in [2.45, 2.75) is 25.5 Å². The smallest absolute Gasteiger partial charge is 0.119 e. The highest BCUT2D eigenvalue weighted by atomic mass is 35.5. The van der Waals surface area contributed by atoms with Gasteiger partial charge in [-0.3, -0.25) is 4.99 Å². The molecule has 0 bridgehead atoms. The largest absolute Gasteiger partial charge is 0.489 e. The normalized spacial score (nSPS) is 14.0. The highest BCUT2D eigenvalue weighted by Crippen LogP contribution is 2.29. The molecule has 0 saturated heterocycles. The van der Waals surface area contributed by atoms with Gasteiger partial charge in [-0.25, -0.2) is 4.98 Å². The molecule has 0 N–H and O–H groups in total. The Morgan fingerprint density at radius 2 is 1.74 bits per heavy atom. The fourth-order valence-electron chi connectivity index (χ4n) is 4.20. The van der Waals surface area contributed by atoms with Gasteiger partial charge < -0.3 is 14.2 Å². The number of imidazole rings is 1. The van der Waals surface area contributed by atoms with Crippen LogP contribution in [0.5, 0.6) is 5.75 Å². The molecule has 0 spiro atoms. The molecule has 5 nitrogen and oxygen atoms in total. The van der Waals surface area contributed by atoms with Crippen molar-refractivity contribution in [3.63, 3.8) is 0 Å². The lowest BCUT2D eigenvalue weighted by Crippen LogP contribution is -2.26. The van der Waals surface area contributed by atoms with E-state index in [0.717, 1.165) is 53.7 Å². The molecule has 35 heavy (non-hydrogen) atoms. The second kappa shape index (κ2) is 11.1. The summed E-state index contributed by atoms with van der Waals surface area (Å²) in [4.78, 5) is 10.8. The van der Waals surface area contributed by atoms with E-state index < -0.39 is 0 Å². The molecule has 0 radical (unpaired) electrons. The number of aliphatic imine (C=N–C) groups is 1. The zero-order chi connectivity index (χ0) is 23.9. The van der Waals surface area contributed by atoms with Crippen molar-refractivity contribution in [3.8, 4) is 5.75 Å². The van der Waals surface area contributed by atoms with Crippen molar-refractivity contribution in [1.29, 1.82) is 0 Å². The number of ether oxygens (including phenoxy) is 1. The number of nitrogens with zero attached hydrogens (tertiary/aromatic N) is 4. The van der Waals surface area contributed by atoms with Gasteiger partial charge in [0.25, 0.3) is 0 Å². The molecule has 0 aliphatic carbocycles. The van der Waals surface area contributed by atoms with E-state index in [0.29, 0.717) is 0 Å². The van der Waals surface area contributed by atoms with Crippen molar-refractivity contribution >= 4 is 29.2 Å². The van der Waals surface area contributed by atoms with Gasteiger partial charge in [-0.2, -0.15) is 0 Å². The van der Waals surface area contributed by atoms with Crippen LogP contribution in [0.15, 0.2) is 109 Å². The quantitative estimate of drug-likeness (QED) is 0.273. The molecule has 3 aromatic carbocycles. The molecule has 2 heterocycles. The second-order valence-electron chi connectivity index (χ2n) is 8.48. The Morgan fingerprint density at radius 3 is 2.49 bits per heavy atom. The first-order valence-corrected chi connectivity index (χ1v) is 12.1. The minimum absolute atomic E-state index is 0.00706. The Morgan fingerprint density at radius 1 is 0.943 bits per heavy atom. The summed E-state index contributed by atoms with van der Waals surface area (Å²) in [5.74, 6) is 0.853. The van der Waals surface area contributed by atoms with Crippen LogP contribution in [0, 0.1) is 0 Å². The van der Waals surface area contributed by atoms with Crippen LogP contribution in [0.1, 0.15) is 17.5 Å². The van der Waals surface area contributed by atoms with Crippen LogP contribution in [0.25, 0.3) is 5.70 Å². The van der Waals surface area contributed by atoms with Gasteiger partial charge in [0.15, 0.2) is 0 Å². The molecule has 176 valence electrons. The molecule has 1 aliphatic rings. The molecule has 1 aliphatic heterocycles. The summed E-state index contributed by atoms with van der Waals surface area (Å²) < 4.78 is 8.51.